The van der Waals surface area contributed by atoms with Gasteiger partial charge >= 0.3 is 0 Å². The molecule has 0 radical (unpaired) electrons. The van der Waals surface area contributed by atoms with Crippen LogP contribution < -0.4 is 4.90 Å². The van der Waals surface area contributed by atoms with E-state index in [9.17, 15) is 9.18 Å². The largest absolute Gasteiger partial charge is 0.364 e. The fourth-order valence-corrected chi connectivity index (χ4v) is 4.39. The molecule has 2 aromatic heterocycles. The van der Waals surface area contributed by atoms with Crippen molar-refractivity contribution in [1.82, 2.24) is 24.9 Å². The molecule has 2 fully saturated rings. The average molecular weight is 392 g/mol. The minimum absolute atomic E-state index is 0.0948. The molecule has 4 heterocycles. The predicted octanol–water partition coefficient (Wildman–Crippen LogP) is 2.38. The van der Waals surface area contributed by atoms with Crippen molar-refractivity contribution in [2.45, 2.75) is 19.9 Å². The molecule has 29 heavy (non-hydrogen) atoms. The van der Waals surface area contributed by atoms with Gasteiger partial charge in [-0.3, -0.25) is 9.78 Å². The summed E-state index contributed by atoms with van der Waals surface area (Å²) in [5.41, 5.74) is 3.62. The van der Waals surface area contributed by atoms with Gasteiger partial charge in [0, 0.05) is 31.7 Å². The van der Waals surface area contributed by atoms with Crippen molar-refractivity contribution in [1.29, 1.82) is 0 Å². The van der Waals surface area contributed by atoms with Crippen LogP contribution in [-0.2, 0) is 0 Å². The van der Waals surface area contributed by atoms with E-state index in [2.05, 4.69) is 26.1 Å². The van der Waals surface area contributed by atoms with E-state index in [0.29, 0.717) is 19.0 Å². The van der Waals surface area contributed by atoms with Gasteiger partial charge in [-0.1, -0.05) is 6.07 Å². The second-order valence-electron chi connectivity index (χ2n) is 7.76. The fourth-order valence-electron chi connectivity index (χ4n) is 4.39. The molecule has 0 bridgehead atoms. The lowest BCUT2D eigenvalue weighted by Crippen LogP contribution is -2.56. The van der Waals surface area contributed by atoms with Crippen LogP contribution in [0.5, 0.6) is 0 Å². The van der Waals surface area contributed by atoms with Gasteiger partial charge in [0.15, 0.2) is 5.82 Å². The maximum Gasteiger partial charge on any atom is 0.256 e. The molecule has 0 N–H and O–H groups in total. The highest BCUT2D eigenvalue weighted by atomic mass is 19.1. The summed E-state index contributed by atoms with van der Waals surface area (Å²) in [6.45, 7) is 6.22. The lowest BCUT2D eigenvalue weighted by atomic mass is 9.91. The molecule has 2 unspecified atom stereocenters. The Kier molecular flexibility index (Phi) is 4.08. The number of carbonyl (C=O) groups excluding carboxylic acids is 1. The highest BCUT2D eigenvalue weighted by Crippen LogP contribution is 2.38. The number of pyridine rings is 1. The van der Waals surface area contributed by atoms with Gasteiger partial charge in [0.25, 0.3) is 5.91 Å². The monoisotopic (exact) mass is 392 g/mol. The van der Waals surface area contributed by atoms with Crippen LogP contribution in [0.1, 0.15) is 21.6 Å². The van der Waals surface area contributed by atoms with Gasteiger partial charge in [-0.05, 0) is 37.6 Å². The van der Waals surface area contributed by atoms with Crippen molar-refractivity contribution in [2.75, 3.05) is 24.5 Å². The van der Waals surface area contributed by atoms with Crippen molar-refractivity contribution >= 4 is 11.6 Å². The van der Waals surface area contributed by atoms with Gasteiger partial charge < -0.3 is 9.80 Å². The van der Waals surface area contributed by atoms with E-state index in [0.717, 1.165) is 23.5 Å². The number of anilines is 1. The quantitative estimate of drug-likeness (QED) is 0.685. The average Bonchev–Trinajstić information content (AvgIpc) is 3.33. The highest BCUT2D eigenvalue weighted by Gasteiger charge is 2.47. The summed E-state index contributed by atoms with van der Waals surface area (Å²) >= 11 is 0. The molecule has 2 atom stereocenters. The summed E-state index contributed by atoms with van der Waals surface area (Å²) in [7, 11) is 0. The molecule has 8 heteroatoms. The van der Waals surface area contributed by atoms with E-state index in [-0.39, 0.29) is 23.2 Å². The second-order valence-corrected chi connectivity index (χ2v) is 7.76. The molecule has 5 rings (SSSR count). The Balaban J connectivity index is 1.40. The third kappa shape index (κ3) is 2.86. The zero-order valence-electron chi connectivity index (χ0n) is 16.3. The Hall–Kier alpha value is -3.29. The van der Waals surface area contributed by atoms with Gasteiger partial charge in [-0.25, -0.2) is 4.39 Å². The molecule has 7 nitrogen and oxygen atoms in total. The van der Waals surface area contributed by atoms with E-state index in [4.69, 9.17) is 0 Å². The molecule has 148 valence electrons. The maximum absolute atomic E-state index is 14.5. The van der Waals surface area contributed by atoms with Crippen LogP contribution in [0.25, 0.3) is 5.69 Å². The SMILES string of the molecule is Cc1cnc(C)c(N2CC3CN(C(=O)c4cccc(F)c4-n4nccn4)CC32)c1. The number of nitrogens with zero attached hydrogens (tertiary/aromatic N) is 6. The number of halogens is 1. The van der Waals surface area contributed by atoms with Crippen LogP contribution in [0.3, 0.4) is 0 Å². The van der Waals surface area contributed by atoms with Crippen molar-refractivity contribution in [3.05, 3.63) is 65.5 Å². The fraction of sp³-hybridized carbons (Fsp3) is 0.333. The smallest absolute Gasteiger partial charge is 0.256 e. The lowest BCUT2D eigenvalue weighted by molar-refractivity contribution is 0.0788. The van der Waals surface area contributed by atoms with Crippen molar-refractivity contribution in [3.8, 4) is 5.69 Å². The number of aromatic nitrogens is 4. The number of benzene rings is 1. The number of aryl methyl sites for hydroxylation is 2. The van der Waals surface area contributed by atoms with E-state index < -0.39 is 5.82 Å². The topological polar surface area (TPSA) is 67.2 Å². The van der Waals surface area contributed by atoms with Crippen molar-refractivity contribution in [3.63, 3.8) is 0 Å². The number of rotatable bonds is 3. The molecule has 2 saturated heterocycles. The standard InChI is InChI=1S/C21H21FN6O/c1-13-8-18(14(2)23-9-13)27-11-15-10-26(12-19(15)27)21(29)16-4-3-5-17(22)20(16)28-24-6-7-25-28/h3-9,15,19H,10-12H2,1-2H3. The number of hydrogen-bond donors (Lipinski definition) is 0. The number of para-hydroxylation sites is 1. The second kappa shape index (κ2) is 6.65. The van der Waals surface area contributed by atoms with Crippen LogP contribution in [-0.4, -0.2) is 56.5 Å². The van der Waals surface area contributed by atoms with Gasteiger partial charge in [-0.2, -0.15) is 10.2 Å². The van der Waals surface area contributed by atoms with Crippen LogP contribution in [0.4, 0.5) is 10.1 Å². The number of likely N-dealkylation sites (tertiary alicyclic amines) is 1. The molecule has 1 amide bonds. The van der Waals surface area contributed by atoms with E-state index in [1.54, 1.807) is 12.1 Å². The third-order valence-electron chi connectivity index (χ3n) is 5.87. The molecular formula is C21H21FN6O. The first-order valence-electron chi connectivity index (χ1n) is 9.67. The zero-order chi connectivity index (χ0) is 20.1. The normalized spacial score (nSPS) is 20.5. The predicted molar refractivity (Wildman–Crippen MR) is 106 cm³/mol. The summed E-state index contributed by atoms with van der Waals surface area (Å²) in [6.07, 6.45) is 4.80. The Morgan fingerprint density at radius 1 is 1.14 bits per heavy atom. The Morgan fingerprint density at radius 3 is 2.72 bits per heavy atom. The van der Waals surface area contributed by atoms with E-state index >= 15 is 0 Å². The lowest BCUT2D eigenvalue weighted by Gasteiger charge is -2.45. The van der Waals surface area contributed by atoms with Crippen LogP contribution in [0.15, 0.2) is 42.9 Å². The van der Waals surface area contributed by atoms with Gasteiger partial charge in [0.05, 0.1) is 35.4 Å². The molecular weight excluding hydrogens is 371 g/mol. The summed E-state index contributed by atoms with van der Waals surface area (Å²) in [5.74, 6) is -0.291. The van der Waals surface area contributed by atoms with Crippen LogP contribution in [0.2, 0.25) is 0 Å². The molecule has 0 spiro atoms. The Morgan fingerprint density at radius 2 is 1.93 bits per heavy atom. The minimum Gasteiger partial charge on any atom is -0.364 e. The van der Waals surface area contributed by atoms with Crippen LogP contribution >= 0.6 is 0 Å². The number of hydrogen-bond acceptors (Lipinski definition) is 5. The molecule has 0 aliphatic carbocycles. The molecule has 3 aromatic rings. The third-order valence-corrected chi connectivity index (χ3v) is 5.87. The summed E-state index contributed by atoms with van der Waals surface area (Å²) in [6, 6.07) is 6.92. The van der Waals surface area contributed by atoms with Crippen LogP contribution in [0, 0.1) is 25.6 Å². The van der Waals surface area contributed by atoms with Gasteiger partial charge in [0.1, 0.15) is 5.69 Å². The van der Waals surface area contributed by atoms with Gasteiger partial charge in [0.2, 0.25) is 0 Å². The zero-order valence-corrected chi connectivity index (χ0v) is 16.3. The number of fused-ring (bicyclic) bond motifs is 1. The Bertz CT molecular complexity index is 1080. The van der Waals surface area contributed by atoms with Crippen molar-refractivity contribution < 1.29 is 9.18 Å². The van der Waals surface area contributed by atoms with Crippen molar-refractivity contribution in [2.24, 2.45) is 5.92 Å². The first-order chi connectivity index (χ1) is 14.0. The maximum atomic E-state index is 14.5. The minimum atomic E-state index is -0.516. The molecule has 0 saturated carbocycles. The summed E-state index contributed by atoms with van der Waals surface area (Å²) in [5, 5.41) is 8.02. The number of amides is 1. The molecule has 1 aromatic carbocycles. The first-order valence-corrected chi connectivity index (χ1v) is 9.67. The van der Waals surface area contributed by atoms with E-state index in [1.165, 1.54) is 23.3 Å². The number of carbonyl (C=O) groups is 1. The van der Waals surface area contributed by atoms with E-state index in [1.807, 2.05) is 24.9 Å². The molecule has 2 aliphatic rings. The first kappa shape index (κ1) is 17.8. The Labute approximate surface area is 167 Å². The summed E-state index contributed by atoms with van der Waals surface area (Å²) < 4.78 is 14.5. The highest BCUT2D eigenvalue weighted by molar-refractivity contribution is 5.98. The molecule has 2 aliphatic heterocycles. The van der Waals surface area contributed by atoms with Gasteiger partial charge in [-0.15, -0.1) is 4.80 Å². The summed E-state index contributed by atoms with van der Waals surface area (Å²) in [4.78, 5) is 23.0.